The van der Waals surface area contributed by atoms with Gasteiger partial charge in [-0.2, -0.15) is 0 Å². The average molecular weight is 182 g/mol. The zero-order valence-electron chi connectivity index (χ0n) is 10.0. The highest BCUT2D eigenvalue weighted by atomic mass is 14.4. The van der Waals surface area contributed by atoms with E-state index in [1.54, 1.807) is 0 Å². The first-order valence-electron chi connectivity index (χ1n) is 6.02. The van der Waals surface area contributed by atoms with Gasteiger partial charge in [0.1, 0.15) is 0 Å². The molecular formula is C13H26. The van der Waals surface area contributed by atoms with Gasteiger partial charge in [0, 0.05) is 0 Å². The van der Waals surface area contributed by atoms with Gasteiger partial charge in [0.15, 0.2) is 0 Å². The molecule has 0 nitrogen and oxygen atoms in total. The summed E-state index contributed by atoms with van der Waals surface area (Å²) in [6, 6.07) is 0. The molecule has 13 heavy (non-hydrogen) atoms. The third kappa shape index (κ3) is 2.72. The maximum Gasteiger partial charge on any atom is -0.0365 e. The maximum atomic E-state index is 2.46. The summed E-state index contributed by atoms with van der Waals surface area (Å²) in [4.78, 5) is 0. The fourth-order valence-electron chi connectivity index (χ4n) is 3.06. The Morgan fingerprint density at radius 3 is 1.92 bits per heavy atom. The van der Waals surface area contributed by atoms with E-state index in [9.17, 15) is 0 Å². The Labute approximate surface area is 84.1 Å². The monoisotopic (exact) mass is 182 g/mol. The van der Waals surface area contributed by atoms with Crippen LogP contribution >= 0.6 is 0 Å². The first kappa shape index (κ1) is 11.1. The van der Waals surface area contributed by atoms with Crippen LogP contribution in [0, 0.1) is 29.6 Å². The molecule has 0 amide bonds. The molecule has 0 radical (unpaired) electrons. The number of hydrogen-bond donors (Lipinski definition) is 0. The van der Waals surface area contributed by atoms with Crippen molar-refractivity contribution in [2.45, 2.75) is 53.9 Å². The van der Waals surface area contributed by atoms with E-state index in [2.05, 4.69) is 34.6 Å². The van der Waals surface area contributed by atoms with Gasteiger partial charge in [0.05, 0.1) is 0 Å². The first-order chi connectivity index (χ1) is 6.02. The van der Waals surface area contributed by atoms with Gasteiger partial charge in [-0.15, -0.1) is 0 Å². The highest BCUT2D eigenvalue weighted by Gasteiger charge is 2.30. The Balaban J connectivity index is 2.46. The van der Waals surface area contributed by atoms with E-state index in [-0.39, 0.29) is 0 Å². The molecule has 0 saturated heterocycles. The predicted octanol–water partition coefficient (Wildman–Crippen LogP) is 4.35. The number of rotatable bonds is 2. The topological polar surface area (TPSA) is 0 Å². The van der Waals surface area contributed by atoms with Crippen LogP contribution in [-0.4, -0.2) is 0 Å². The van der Waals surface area contributed by atoms with Crippen molar-refractivity contribution in [2.75, 3.05) is 0 Å². The Hall–Kier alpha value is 0. The van der Waals surface area contributed by atoms with Gasteiger partial charge in [-0.1, -0.05) is 34.6 Å². The van der Waals surface area contributed by atoms with Gasteiger partial charge in [-0.05, 0) is 48.9 Å². The molecule has 0 N–H and O–H groups in total. The van der Waals surface area contributed by atoms with Gasteiger partial charge < -0.3 is 0 Å². The molecule has 0 heterocycles. The molecule has 1 saturated carbocycles. The number of hydrogen-bond acceptors (Lipinski definition) is 0. The lowest BCUT2D eigenvalue weighted by atomic mass is 9.68. The van der Waals surface area contributed by atoms with Crippen LogP contribution in [0.25, 0.3) is 0 Å². The lowest BCUT2D eigenvalue weighted by Gasteiger charge is -2.38. The van der Waals surface area contributed by atoms with Crippen LogP contribution in [0.4, 0.5) is 0 Å². The van der Waals surface area contributed by atoms with E-state index in [1.165, 1.54) is 19.3 Å². The molecule has 0 bridgehead atoms. The second-order valence-corrected chi connectivity index (χ2v) is 5.70. The Kier molecular flexibility index (Phi) is 3.82. The second-order valence-electron chi connectivity index (χ2n) is 5.70. The SMILES string of the molecule is CC(C)C1CC[C@@H](C(C)C)C[C@H]1C. The second kappa shape index (κ2) is 4.48. The van der Waals surface area contributed by atoms with Crippen molar-refractivity contribution >= 4 is 0 Å². The van der Waals surface area contributed by atoms with E-state index in [4.69, 9.17) is 0 Å². The van der Waals surface area contributed by atoms with Gasteiger partial charge in [0.2, 0.25) is 0 Å². The molecule has 3 atom stereocenters. The minimum Gasteiger partial charge on any atom is -0.0625 e. The van der Waals surface area contributed by atoms with Crippen LogP contribution in [0.5, 0.6) is 0 Å². The van der Waals surface area contributed by atoms with E-state index in [1.807, 2.05) is 0 Å². The molecule has 0 aromatic carbocycles. The fraction of sp³-hybridized carbons (Fsp3) is 1.00. The van der Waals surface area contributed by atoms with Crippen LogP contribution in [-0.2, 0) is 0 Å². The molecule has 0 aromatic heterocycles. The van der Waals surface area contributed by atoms with Crippen LogP contribution in [0.1, 0.15) is 53.9 Å². The largest absolute Gasteiger partial charge is 0.0625 e. The molecule has 1 fully saturated rings. The lowest BCUT2D eigenvalue weighted by Crippen LogP contribution is -2.28. The Morgan fingerprint density at radius 1 is 0.923 bits per heavy atom. The van der Waals surface area contributed by atoms with Gasteiger partial charge in [0.25, 0.3) is 0 Å². The predicted molar refractivity (Wildman–Crippen MR) is 59.7 cm³/mol. The minimum atomic E-state index is 0.892. The van der Waals surface area contributed by atoms with E-state index in [0.717, 1.165) is 29.6 Å². The molecule has 0 heteroatoms. The highest BCUT2D eigenvalue weighted by Crippen LogP contribution is 2.40. The Bertz CT molecular complexity index is 146. The quantitative estimate of drug-likeness (QED) is 0.595. The van der Waals surface area contributed by atoms with Crippen molar-refractivity contribution in [3.8, 4) is 0 Å². The van der Waals surface area contributed by atoms with Gasteiger partial charge in [-0.25, -0.2) is 0 Å². The molecule has 78 valence electrons. The fourth-order valence-corrected chi connectivity index (χ4v) is 3.06. The summed E-state index contributed by atoms with van der Waals surface area (Å²) < 4.78 is 0. The molecular weight excluding hydrogens is 156 g/mol. The summed E-state index contributed by atoms with van der Waals surface area (Å²) >= 11 is 0. The zero-order chi connectivity index (χ0) is 10.0. The van der Waals surface area contributed by atoms with Crippen molar-refractivity contribution in [3.63, 3.8) is 0 Å². The van der Waals surface area contributed by atoms with Crippen LogP contribution < -0.4 is 0 Å². The minimum absolute atomic E-state index is 0.892. The third-order valence-electron chi connectivity index (χ3n) is 4.08. The Morgan fingerprint density at radius 2 is 1.54 bits per heavy atom. The molecule has 0 spiro atoms. The zero-order valence-corrected chi connectivity index (χ0v) is 10.0. The van der Waals surface area contributed by atoms with Gasteiger partial charge in [-0.3, -0.25) is 0 Å². The van der Waals surface area contributed by atoms with E-state index < -0.39 is 0 Å². The van der Waals surface area contributed by atoms with E-state index in [0.29, 0.717) is 0 Å². The molecule has 1 unspecified atom stereocenters. The van der Waals surface area contributed by atoms with Crippen LogP contribution in [0.3, 0.4) is 0 Å². The summed E-state index contributed by atoms with van der Waals surface area (Å²) in [6.45, 7) is 12.0. The van der Waals surface area contributed by atoms with Crippen molar-refractivity contribution in [2.24, 2.45) is 29.6 Å². The lowest BCUT2D eigenvalue weighted by molar-refractivity contribution is 0.126. The highest BCUT2D eigenvalue weighted by molar-refractivity contribution is 4.80. The van der Waals surface area contributed by atoms with Crippen molar-refractivity contribution < 1.29 is 0 Å². The maximum absolute atomic E-state index is 2.46. The van der Waals surface area contributed by atoms with E-state index >= 15 is 0 Å². The summed E-state index contributed by atoms with van der Waals surface area (Å²) in [5, 5.41) is 0. The standard InChI is InChI=1S/C13H26/c1-9(2)12-6-7-13(10(3)4)11(5)8-12/h9-13H,6-8H2,1-5H3/t11-,12-,13?/m1/s1. The summed E-state index contributed by atoms with van der Waals surface area (Å²) in [5.74, 6) is 4.75. The van der Waals surface area contributed by atoms with Crippen LogP contribution in [0.15, 0.2) is 0 Å². The molecule has 1 rings (SSSR count). The third-order valence-corrected chi connectivity index (χ3v) is 4.08. The summed E-state index contributed by atoms with van der Waals surface area (Å²) in [7, 11) is 0. The van der Waals surface area contributed by atoms with Crippen molar-refractivity contribution in [3.05, 3.63) is 0 Å². The molecule has 0 aromatic rings. The summed E-state index contributed by atoms with van der Waals surface area (Å²) in [5.41, 5.74) is 0. The smallest absolute Gasteiger partial charge is 0.0365 e. The molecule has 1 aliphatic rings. The summed E-state index contributed by atoms with van der Waals surface area (Å²) in [6.07, 6.45) is 4.42. The first-order valence-corrected chi connectivity index (χ1v) is 6.02. The molecule has 1 aliphatic carbocycles. The van der Waals surface area contributed by atoms with Crippen molar-refractivity contribution in [1.29, 1.82) is 0 Å². The van der Waals surface area contributed by atoms with Crippen LogP contribution in [0.2, 0.25) is 0 Å². The van der Waals surface area contributed by atoms with Crippen molar-refractivity contribution in [1.82, 2.24) is 0 Å². The molecule has 0 aliphatic heterocycles. The average Bonchev–Trinajstić information content (AvgIpc) is 2.03. The normalized spacial score (nSPS) is 35.8. The van der Waals surface area contributed by atoms with Gasteiger partial charge >= 0.3 is 0 Å².